The standard InChI is InChI=1S/C22H25FN4O2S/c1-5-27-21(16(4)29-17-11-10-14(2)15(3)12-17)25-26-22(27)30-13-20(28)24-19-9-7-6-8-18(19)23/h6-12,16H,5,13H2,1-4H3,(H,24,28). The van der Waals surface area contributed by atoms with Crippen molar-refractivity contribution in [3.05, 3.63) is 65.2 Å². The molecule has 8 heteroatoms. The largest absolute Gasteiger partial charge is 0.483 e. The summed E-state index contributed by atoms with van der Waals surface area (Å²) in [5.41, 5.74) is 2.53. The highest BCUT2D eigenvalue weighted by atomic mass is 32.2. The number of nitrogens with one attached hydrogen (secondary N) is 1. The maximum atomic E-state index is 13.7. The predicted molar refractivity (Wildman–Crippen MR) is 116 cm³/mol. The lowest BCUT2D eigenvalue weighted by Gasteiger charge is -2.16. The first-order valence-electron chi connectivity index (χ1n) is 9.73. The van der Waals surface area contributed by atoms with Crippen molar-refractivity contribution >= 4 is 23.4 Å². The summed E-state index contributed by atoms with van der Waals surface area (Å²) in [6.07, 6.45) is -0.304. The molecule has 0 aliphatic heterocycles. The summed E-state index contributed by atoms with van der Waals surface area (Å²) in [6.45, 7) is 8.65. The number of ether oxygens (including phenoxy) is 1. The van der Waals surface area contributed by atoms with Crippen LogP contribution in [0.1, 0.15) is 36.9 Å². The number of carbonyl (C=O) groups is 1. The van der Waals surface area contributed by atoms with E-state index in [4.69, 9.17) is 4.74 Å². The number of nitrogens with zero attached hydrogens (tertiary/aromatic N) is 3. The van der Waals surface area contributed by atoms with Crippen LogP contribution >= 0.6 is 11.8 Å². The molecule has 0 bridgehead atoms. The van der Waals surface area contributed by atoms with Crippen molar-refractivity contribution in [2.75, 3.05) is 11.1 Å². The van der Waals surface area contributed by atoms with Crippen LogP contribution in [-0.2, 0) is 11.3 Å². The van der Waals surface area contributed by atoms with Gasteiger partial charge < -0.3 is 14.6 Å². The number of benzene rings is 2. The predicted octanol–water partition coefficient (Wildman–Crippen LogP) is 4.92. The molecular formula is C22H25FN4O2S. The average molecular weight is 429 g/mol. The molecule has 0 aliphatic rings. The van der Waals surface area contributed by atoms with Gasteiger partial charge in [0.25, 0.3) is 0 Å². The molecule has 1 atom stereocenters. The lowest BCUT2D eigenvalue weighted by atomic mass is 10.1. The molecule has 3 rings (SSSR count). The van der Waals surface area contributed by atoms with Gasteiger partial charge in [-0.05, 0) is 63.1 Å². The van der Waals surface area contributed by atoms with Gasteiger partial charge in [0.05, 0.1) is 11.4 Å². The number of anilines is 1. The number of hydrogen-bond donors (Lipinski definition) is 1. The molecule has 6 nitrogen and oxygen atoms in total. The molecule has 1 heterocycles. The van der Waals surface area contributed by atoms with E-state index in [1.54, 1.807) is 12.1 Å². The van der Waals surface area contributed by atoms with E-state index in [2.05, 4.69) is 22.4 Å². The number of amides is 1. The van der Waals surface area contributed by atoms with Gasteiger partial charge in [0.2, 0.25) is 5.91 Å². The third kappa shape index (κ3) is 5.18. The molecule has 1 unspecified atom stereocenters. The molecule has 1 aromatic heterocycles. The van der Waals surface area contributed by atoms with Crippen molar-refractivity contribution in [1.82, 2.24) is 14.8 Å². The van der Waals surface area contributed by atoms with E-state index in [9.17, 15) is 9.18 Å². The second kappa shape index (κ2) is 9.75. The van der Waals surface area contributed by atoms with Gasteiger partial charge in [-0.1, -0.05) is 30.0 Å². The van der Waals surface area contributed by atoms with Gasteiger partial charge >= 0.3 is 0 Å². The van der Waals surface area contributed by atoms with Gasteiger partial charge in [-0.25, -0.2) is 4.39 Å². The molecule has 1 amide bonds. The number of rotatable bonds is 8. The van der Waals surface area contributed by atoms with Gasteiger partial charge in [0.1, 0.15) is 11.6 Å². The van der Waals surface area contributed by atoms with Crippen LogP contribution in [0.2, 0.25) is 0 Å². The Morgan fingerprint density at radius 1 is 1.20 bits per heavy atom. The fourth-order valence-electron chi connectivity index (χ4n) is 2.93. The van der Waals surface area contributed by atoms with Gasteiger partial charge in [0, 0.05) is 6.54 Å². The Bertz CT molecular complexity index is 1040. The van der Waals surface area contributed by atoms with Crippen LogP contribution in [0.15, 0.2) is 47.6 Å². The number of thioether (sulfide) groups is 1. The van der Waals surface area contributed by atoms with Crippen LogP contribution in [-0.4, -0.2) is 26.4 Å². The van der Waals surface area contributed by atoms with Crippen LogP contribution in [0.4, 0.5) is 10.1 Å². The SMILES string of the molecule is CCn1c(SCC(=O)Nc2ccccc2F)nnc1C(C)Oc1ccc(C)c(C)c1. The molecule has 0 aliphatic carbocycles. The maximum Gasteiger partial charge on any atom is 0.234 e. The minimum absolute atomic E-state index is 0.0961. The summed E-state index contributed by atoms with van der Waals surface area (Å²) >= 11 is 1.25. The summed E-state index contributed by atoms with van der Waals surface area (Å²) in [7, 11) is 0. The molecule has 158 valence electrons. The lowest BCUT2D eigenvalue weighted by Crippen LogP contribution is -2.16. The average Bonchev–Trinajstić information content (AvgIpc) is 3.14. The molecule has 0 spiro atoms. The molecule has 0 saturated carbocycles. The van der Waals surface area contributed by atoms with Gasteiger partial charge in [-0.3, -0.25) is 4.79 Å². The highest BCUT2D eigenvalue weighted by Crippen LogP contribution is 2.26. The zero-order valence-corrected chi connectivity index (χ0v) is 18.3. The minimum Gasteiger partial charge on any atom is -0.483 e. The normalized spacial score (nSPS) is 11.9. The summed E-state index contributed by atoms with van der Waals surface area (Å²) in [5, 5.41) is 11.7. The number of hydrogen-bond acceptors (Lipinski definition) is 5. The summed E-state index contributed by atoms with van der Waals surface area (Å²) in [6, 6.07) is 12.0. The molecule has 3 aromatic rings. The van der Waals surface area contributed by atoms with E-state index < -0.39 is 5.82 Å². The van der Waals surface area contributed by atoms with Crippen LogP contribution in [0.5, 0.6) is 5.75 Å². The first-order valence-corrected chi connectivity index (χ1v) is 10.7. The third-order valence-electron chi connectivity index (χ3n) is 4.70. The van der Waals surface area contributed by atoms with Crippen molar-refractivity contribution < 1.29 is 13.9 Å². The van der Waals surface area contributed by atoms with Crippen LogP contribution in [0.25, 0.3) is 0 Å². The molecule has 2 aromatic carbocycles. The second-order valence-electron chi connectivity index (χ2n) is 6.91. The molecule has 0 fully saturated rings. The van der Waals surface area contributed by atoms with Crippen LogP contribution in [0.3, 0.4) is 0 Å². The van der Waals surface area contributed by atoms with E-state index in [0.29, 0.717) is 17.5 Å². The number of aryl methyl sites for hydroxylation is 2. The van der Waals surface area contributed by atoms with Crippen LogP contribution < -0.4 is 10.1 Å². The molecular weight excluding hydrogens is 403 g/mol. The monoisotopic (exact) mass is 428 g/mol. The summed E-state index contributed by atoms with van der Waals surface area (Å²) < 4.78 is 21.7. The Morgan fingerprint density at radius 3 is 2.67 bits per heavy atom. The van der Waals surface area contributed by atoms with Crippen molar-refractivity contribution in [1.29, 1.82) is 0 Å². The van der Waals surface area contributed by atoms with Crippen molar-refractivity contribution in [3.8, 4) is 5.75 Å². The number of carbonyl (C=O) groups excluding carboxylic acids is 1. The maximum absolute atomic E-state index is 13.7. The Morgan fingerprint density at radius 2 is 1.97 bits per heavy atom. The van der Waals surface area contributed by atoms with E-state index in [1.165, 1.54) is 29.5 Å². The number of halogens is 1. The van der Waals surface area contributed by atoms with Crippen molar-refractivity contribution in [2.45, 2.75) is 45.5 Å². The fourth-order valence-corrected chi connectivity index (χ4v) is 3.74. The highest BCUT2D eigenvalue weighted by molar-refractivity contribution is 7.99. The van der Waals surface area contributed by atoms with Crippen molar-refractivity contribution in [3.63, 3.8) is 0 Å². The molecule has 1 N–H and O–H groups in total. The van der Waals surface area contributed by atoms with E-state index in [0.717, 1.165) is 11.3 Å². The summed E-state index contributed by atoms with van der Waals surface area (Å²) in [5.74, 6) is 0.783. The molecule has 0 radical (unpaired) electrons. The smallest absolute Gasteiger partial charge is 0.234 e. The van der Waals surface area contributed by atoms with Crippen LogP contribution in [0, 0.1) is 19.7 Å². The zero-order chi connectivity index (χ0) is 21.7. The topological polar surface area (TPSA) is 69.0 Å². The zero-order valence-electron chi connectivity index (χ0n) is 17.5. The first kappa shape index (κ1) is 21.8. The quantitative estimate of drug-likeness (QED) is 0.516. The Kier molecular flexibility index (Phi) is 7.10. The lowest BCUT2D eigenvalue weighted by molar-refractivity contribution is -0.113. The first-order chi connectivity index (χ1) is 14.4. The van der Waals surface area contributed by atoms with E-state index in [1.807, 2.05) is 43.5 Å². The van der Waals surface area contributed by atoms with Gasteiger partial charge in [-0.2, -0.15) is 0 Å². The highest BCUT2D eigenvalue weighted by Gasteiger charge is 2.20. The summed E-state index contributed by atoms with van der Waals surface area (Å²) in [4.78, 5) is 12.2. The van der Waals surface area contributed by atoms with Gasteiger partial charge in [-0.15, -0.1) is 10.2 Å². The second-order valence-corrected chi connectivity index (χ2v) is 7.85. The molecule has 30 heavy (non-hydrogen) atoms. The number of para-hydroxylation sites is 1. The molecule has 0 saturated heterocycles. The Labute approximate surface area is 179 Å². The van der Waals surface area contributed by atoms with E-state index >= 15 is 0 Å². The Balaban J connectivity index is 1.65. The number of aromatic nitrogens is 3. The minimum atomic E-state index is -0.466. The van der Waals surface area contributed by atoms with Gasteiger partial charge in [0.15, 0.2) is 17.1 Å². The van der Waals surface area contributed by atoms with Crippen molar-refractivity contribution in [2.24, 2.45) is 0 Å². The fraction of sp³-hybridized carbons (Fsp3) is 0.318. The van der Waals surface area contributed by atoms with E-state index in [-0.39, 0.29) is 23.5 Å². The third-order valence-corrected chi connectivity index (χ3v) is 5.66. The Hall–Kier alpha value is -2.87.